The van der Waals surface area contributed by atoms with E-state index in [1.54, 1.807) is 18.2 Å². The van der Waals surface area contributed by atoms with Gasteiger partial charge in [-0.05, 0) is 12.1 Å². The molecule has 0 bridgehead atoms. The van der Waals surface area contributed by atoms with Crippen LogP contribution in [0, 0.1) is 0 Å². The van der Waals surface area contributed by atoms with Crippen molar-refractivity contribution < 1.29 is 5.11 Å². The van der Waals surface area contributed by atoms with Crippen molar-refractivity contribution in [1.29, 1.82) is 0 Å². The first-order valence-electron chi connectivity index (χ1n) is 4.63. The minimum absolute atomic E-state index is 0.0645. The Morgan fingerprint density at radius 1 is 0.824 bits per heavy atom. The SMILES string of the molecule is Oc1ccccc1-c1c(Cl)c(Cl)cc(Cl)c1Cl. The van der Waals surface area contributed by atoms with Gasteiger partial charge in [0.1, 0.15) is 5.75 Å². The maximum atomic E-state index is 9.79. The van der Waals surface area contributed by atoms with Crippen molar-refractivity contribution in [2.45, 2.75) is 0 Å². The van der Waals surface area contributed by atoms with Crippen LogP contribution in [0.1, 0.15) is 0 Å². The summed E-state index contributed by atoms with van der Waals surface area (Å²) < 4.78 is 0. The maximum absolute atomic E-state index is 9.79. The van der Waals surface area contributed by atoms with E-state index in [9.17, 15) is 5.11 Å². The van der Waals surface area contributed by atoms with Crippen LogP contribution in [0.2, 0.25) is 20.1 Å². The van der Waals surface area contributed by atoms with E-state index in [1.807, 2.05) is 0 Å². The highest BCUT2D eigenvalue weighted by Gasteiger charge is 2.17. The molecule has 0 saturated heterocycles. The largest absolute Gasteiger partial charge is 0.507 e. The topological polar surface area (TPSA) is 20.2 Å². The lowest BCUT2D eigenvalue weighted by Gasteiger charge is -2.11. The molecule has 17 heavy (non-hydrogen) atoms. The van der Waals surface area contributed by atoms with E-state index >= 15 is 0 Å². The molecule has 0 saturated carbocycles. The van der Waals surface area contributed by atoms with Gasteiger partial charge in [0.25, 0.3) is 0 Å². The Bertz CT molecular complexity index is 555. The van der Waals surface area contributed by atoms with Gasteiger partial charge in [0.2, 0.25) is 0 Å². The molecule has 0 heterocycles. The Morgan fingerprint density at radius 2 is 1.35 bits per heavy atom. The first-order valence-corrected chi connectivity index (χ1v) is 6.15. The van der Waals surface area contributed by atoms with Crippen LogP contribution < -0.4 is 0 Å². The van der Waals surface area contributed by atoms with Crippen molar-refractivity contribution in [3.63, 3.8) is 0 Å². The van der Waals surface area contributed by atoms with Gasteiger partial charge in [0, 0.05) is 11.1 Å². The Hall–Kier alpha value is -0.600. The van der Waals surface area contributed by atoms with Crippen molar-refractivity contribution in [2.75, 3.05) is 0 Å². The number of benzene rings is 2. The second-order valence-electron chi connectivity index (χ2n) is 3.36. The Labute approximate surface area is 118 Å². The van der Waals surface area contributed by atoms with Gasteiger partial charge in [-0.2, -0.15) is 0 Å². The fraction of sp³-hybridized carbons (Fsp3) is 0. The van der Waals surface area contributed by atoms with Crippen LogP contribution in [0.5, 0.6) is 5.75 Å². The van der Waals surface area contributed by atoms with E-state index in [1.165, 1.54) is 12.1 Å². The predicted molar refractivity (Wildman–Crippen MR) is 73.6 cm³/mol. The first-order chi connectivity index (χ1) is 8.02. The third-order valence-corrected chi connectivity index (χ3v) is 3.86. The molecule has 2 aromatic carbocycles. The molecule has 1 N–H and O–H groups in total. The monoisotopic (exact) mass is 306 g/mol. The van der Waals surface area contributed by atoms with E-state index in [-0.39, 0.29) is 15.8 Å². The van der Waals surface area contributed by atoms with Crippen LogP contribution in [0.15, 0.2) is 30.3 Å². The molecule has 5 heteroatoms. The molecule has 2 rings (SSSR count). The number of para-hydroxylation sites is 1. The highest BCUT2D eigenvalue weighted by molar-refractivity contribution is 6.50. The highest BCUT2D eigenvalue weighted by Crippen LogP contribution is 2.45. The van der Waals surface area contributed by atoms with E-state index in [0.29, 0.717) is 21.2 Å². The van der Waals surface area contributed by atoms with Gasteiger partial charge in [0.15, 0.2) is 0 Å². The summed E-state index contributed by atoms with van der Waals surface area (Å²) in [5.41, 5.74) is 0.927. The molecule has 0 fully saturated rings. The summed E-state index contributed by atoms with van der Waals surface area (Å²) >= 11 is 24.1. The summed E-state index contributed by atoms with van der Waals surface area (Å²) in [6.45, 7) is 0. The van der Waals surface area contributed by atoms with Gasteiger partial charge >= 0.3 is 0 Å². The number of rotatable bonds is 1. The molecule has 1 nitrogen and oxygen atoms in total. The molecule has 0 atom stereocenters. The highest BCUT2D eigenvalue weighted by atomic mass is 35.5. The maximum Gasteiger partial charge on any atom is 0.123 e. The Kier molecular flexibility index (Phi) is 3.74. The molecule has 0 aliphatic carbocycles. The molecular weight excluding hydrogens is 302 g/mol. The van der Waals surface area contributed by atoms with Crippen LogP contribution in [0.25, 0.3) is 11.1 Å². The fourth-order valence-electron chi connectivity index (χ4n) is 1.49. The van der Waals surface area contributed by atoms with Crippen LogP contribution in [-0.2, 0) is 0 Å². The molecule has 0 radical (unpaired) electrons. The predicted octanol–water partition coefficient (Wildman–Crippen LogP) is 5.67. The Balaban J connectivity index is 2.80. The third kappa shape index (κ3) is 2.34. The average molecular weight is 308 g/mol. The lowest BCUT2D eigenvalue weighted by atomic mass is 10.0. The fourth-order valence-corrected chi connectivity index (χ4v) is 2.51. The molecule has 0 amide bonds. The second kappa shape index (κ2) is 4.95. The lowest BCUT2D eigenvalue weighted by molar-refractivity contribution is 0.477. The van der Waals surface area contributed by atoms with Crippen molar-refractivity contribution in [1.82, 2.24) is 0 Å². The summed E-state index contributed by atoms with van der Waals surface area (Å²) in [7, 11) is 0. The van der Waals surface area contributed by atoms with Gasteiger partial charge in [-0.15, -0.1) is 0 Å². The van der Waals surface area contributed by atoms with Crippen molar-refractivity contribution >= 4 is 46.4 Å². The van der Waals surface area contributed by atoms with Crippen molar-refractivity contribution in [3.05, 3.63) is 50.4 Å². The first kappa shape index (κ1) is 12.8. The summed E-state index contributed by atoms with van der Waals surface area (Å²) in [4.78, 5) is 0. The molecule has 0 aromatic heterocycles. The minimum Gasteiger partial charge on any atom is -0.507 e. The minimum atomic E-state index is 0.0645. The second-order valence-corrected chi connectivity index (χ2v) is 4.93. The number of halogens is 4. The van der Waals surface area contributed by atoms with Crippen LogP contribution >= 0.6 is 46.4 Å². The van der Waals surface area contributed by atoms with Gasteiger partial charge in [-0.3, -0.25) is 0 Å². The van der Waals surface area contributed by atoms with E-state index in [2.05, 4.69) is 0 Å². The molecule has 88 valence electrons. The third-order valence-electron chi connectivity index (χ3n) is 2.29. The zero-order chi connectivity index (χ0) is 12.6. The van der Waals surface area contributed by atoms with Crippen molar-refractivity contribution in [3.8, 4) is 16.9 Å². The summed E-state index contributed by atoms with van der Waals surface area (Å²) in [6.07, 6.45) is 0. The summed E-state index contributed by atoms with van der Waals surface area (Å²) in [5.74, 6) is 0.0645. The van der Waals surface area contributed by atoms with Crippen LogP contribution in [-0.4, -0.2) is 5.11 Å². The van der Waals surface area contributed by atoms with Gasteiger partial charge in [-0.25, -0.2) is 0 Å². The van der Waals surface area contributed by atoms with Crippen molar-refractivity contribution in [2.24, 2.45) is 0 Å². The summed E-state index contributed by atoms with van der Waals surface area (Å²) in [5, 5.41) is 10.9. The molecule has 0 unspecified atom stereocenters. The summed E-state index contributed by atoms with van der Waals surface area (Å²) in [6, 6.07) is 8.16. The quantitative estimate of drug-likeness (QED) is 0.673. The van der Waals surface area contributed by atoms with Gasteiger partial charge in [-0.1, -0.05) is 64.6 Å². The number of hydrogen-bond acceptors (Lipinski definition) is 1. The molecule has 2 aromatic rings. The number of phenolic OH excluding ortho intramolecular Hbond substituents is 1. The zero-order valence-corrected chi connectivity index (χ0v) is 11.4. The molecule has 0 aliphatic rings. The van der Waals surface area contributed by atoms with Gasteiger partial charge < -0.3 is 5.11 Å². The van der Waals surface area contributed by atoms with E-state index in [0.717, 1.165) is 0 Å². The molecular formula is C12H6Cl4O. The van der Waals surface area contributed by atoms with Crippen LogP contribution in [0.3, 0.4) is 0 Å². The average Bonchev–Trinajstić information content (AvgIpc) is 2.29. The lowest BCUT2D eigenvalue weighted by Crippen LogP contribution is -1.85. The van der Waals surface area contributed by atoms with Crippen LogP contribution in [0.4, 0.5) is 0 Å². The smallest absolute Gasteiger partial charge is 0.123 e. The van der Waals surface area contributed by atoms with Gasteiger partial charge in [0.05, 0.1) is 20.1 Å². The molecule has 0 spiro atoms. The number of phenols is 1. The van der Waals surface area contributed by atoms with E-state index in [4.69, 9.17) is 46.4 Å². The zero-order valence-electron chi connectivity index (χ0n) is 8.35. The number of aromatic hydroxyl groups is 1. The normalized spacial score (nSPS) is 10.6. The van der Waals surface area contributed by atoms with E-state index < -0.39 is 0 Å². The molecule has 0 aliphatic heterocycles. The number of hydrogen-bond donors (Lipinski definition) is 1. The standard InChI is InChI=1S/C12H6Cl4O/c13-7-5-8(14)12(16)10(11(7)15)6-3-1-2-4-9(6)17/h1-5,17H. The Morgan fingerprint density at radius 3 is 1.88 bits per heavy atom.